The zero-order valence-electron chi connectivity index (χ0n) is 21.8. The van der Waals surface area contributed by atoms with Crippen molar-refractivity contribution in [3.8, 4) is 0 Å². The third kappa shape index (κ3) is 5.84. The lowest BCUT2D eigenvalue weighted by Gasteiger charge is -2.44. The molecule has 11 nitrogen and oxygen atoms in total. The van der Waals surface area contributed by atoms with E-state index in [1.54, 1.807) is 0 Å². The fraction of sp³-hybridized carbons (Fsp3) is 0.760. The lowest BCUT2D eigenvalue weighted by Crippen LogP contribution is -2.67. The van der Waals surface area contributed by atoms with Crippen LogP contribution >= 0.6 is 0 Å². The van der Waals surface area contributed by atoms with E-state index in [1.807, 2.05) is 20.8 Å². The van der Waals surface area contributed by atoms with Crippen molar-refractivity contribution in [3.05, 3.63) is 12.2 Å². The van der Waals surface area contributed by atoms with Gasteiger partial charge in [0, 0.05) is 19.0 Å². The lowest BCUT2D eigenvalue weighted by molar-refractivity contribution is -0.145. The van der Waals surface area contributed by atoms with Gasteiger partial charge in [0.15, 0.2) is 0 Å². The molecule has 0 radical (unpaired) electrons. The molecule has 1 aliphatic heterocycles. The number of nitrogens with one attached hydrogen (secondary N) is 3. The molecule has 206 valence electrons. The quantitative estimate of drug-likeness (QED) is 0.302. The van der Waals surface area contributed by atoms with E-state index >= 15 is 0 Å². The summed E-state index contributed by atoms with van der Waals surface area (Å²) in [6, 6.07) is -2.29. The Morgan fingerprint density at radius 1 is 1.16 bits per heavy atom. The topological polar surface area (TPSA) is 168 Å². The van der Waals surface area contributed by atoms with Crippen LogP contribution in [0.4, 0.5) is 0 Å². The molecule has 4 fully saturated rings. The average Bonchev–Trinajstić information content (AvgIpc) is 3.71. The van der Waals surface area contributed by atoms with Crippen molar-refractivity contribution in [2.75, 3.05) is 6.54 Å². The summed E-state index contributed by atoms with van der Waals surface area (Å²) in [6.45, 7) is 9.53. The van der Waals surface area contributed by atoms with E-state index in [2.05, 4.69) is 21.9 Å². The number of nitrogens with zero attached hydrogens (tertiary/aromatic N) is 1. The van der Waals surface area contributed by atoms with Gasteiger partial charge in [-0.2, -0.15) is 0 Å². The summed E-state index contributed by atoms with van der Waals surface area (Å²) in [5, 5.41) is 4.99. The highest BCUT2D eigenvalue weighted by molar-refractivity contribution is 7.91. The molecule has 0 spiro atoms. The third-order valence-electron chi connectivity index (χ3n) is 7.84. The van der Waals surface area contributed by atoms with E-state index < -0.39 is 62.1 Å². The summed E-state index contributed by atoms with van der Waals surface area (Å²) in [4.78, 5) is 54.2. The highest BCUT2D eigenvalue weighted by atomic mass is 32.2. The van der Waals surface area contributed by atoms with E-state index in [0.29, 0.717) is 37.2 Å². The van der Waals surface area contributed by atoms with Crippen molar-refractivity contribution < 1.29 is 27.6 Å². The molecule has 1 heterocycles. The molecule has 3 aliphatic carbocycles. The second kappa shape index (κ2) is 9.68. The molecule has 37 heavy (non-hydrogen) atoms. The Hall–Kier alpha value is -2.47. The van der Waals surface area contributed by atoms with Gasteiger partial charge in [-0.25, -0.2) is 8.42 Å². The summed E-state index contributed by atoms with van der Waals surface area (Å²) >= 11 is 0. The molecule has 0 bridgehead atoms. The summed E-state index contributed by atoms with van der Waals surface area (Å²) in [5.74, 6) is -1.68. The lowest BCUT2D eigenvalue weighted by atomic mass is 9.71. The van der Waals surface area contributed by atoms with Crippen molar-refractivity contribution in [3.63, 3.8) is 0 Å². The molecule has 4 aliphatic rings. The third-order valence-corrected chi connectivity index (χ3v) is 9.66. The fourth-order valence-corrected chi connectivity index (χ4v) is 6.34. The summed E-state index contributed by atoms with van der Waals surface area (Å²) in [5.41, 5.74) is 4.39. The molecule has 4 rings (SSSR count). The van der Waals surface area contributed by atoms with Crippen molar-refractivity contribution in [2.24, 2.45) is 17.1 Å². The SMILES string of the molecule is C=C1CCC1(NC(=O)[C@@H]1C[C@@H](N)CN1C(=O)[C@@H](NC(=O)CC1CC1)C(C)(C)C)C(=O)NS(=O)(=O)C1CC1. The maximum atomic E-state index is 13.7. The minimum atomic E-state index is -3.82. The van der Waals surface area contributed by atoms with E-state index in [9.17, 15) is 27.6 Å². The van der Waals surface area contributed by atoms with Crippen molar-refractivity contribution in [1.29, 1.82) is 0 Å². The van der Waals surface area contributed by atoms with E-state index in [4.69, 9.17) is 5.73 Å². The molecule has 3 saturated carbocycles. The Labute approximate surface area is 218 Å². The zero-order valence-corrected chi connectivity index (χ0v) is 22.7. The van der Waals surface area contributed by atoms with Crippen LogP contribution in [0, 0.1) is 11.3 Å². The Morgan fingerprint density at radius 3 is 2.30 bits per heavy atom. The van der Waals surface area contributed by atoms with Crippen LogP contribution in [0.3, 0.4) is 0 Å². The van der Waals surface area contributed by atoms with E-state index in [1.165, 1.54) is 4.90 Å². The van der Waals surface area contributed by atoms with Crippen LogP contribution in [0.5, 0.6) is 0 Å². The van der Waals surface area contributed by atoms with Gasteiger partial charge in [0.05, 0.1) is 5.25 Å². The summed E-state index contributed by atoms with van der Waals surface area (Å²) < 4.78 is 26.9. The minimum Gasteiger partial charge on any atom is -0.344 e. The van der Waals surface area contributed by atoms with Crippen LogP contribution < -0.4 is 21.1 Å². The molecule has 5 N–H and O–H groups in total. The molecular weight excluding hydrogens is 498 g/mol. The number of nitrogens with two attached hydrogens (primary N) is 1. The Kier molecular flexibility index (Phi) is 7.21. The molecule has 0 aromatic heterocycles. The number of sulfonamides is 1. The molecule has 1 saturated heterocycles. The van der Waals surface area contributed by atoms with Gasteiger partial charge >= 0.3 is 0 Å². The van der Waals surface area contributed by atoms with Crippen molar-refractivity contribution >= 4 is 33.7 Å². The fourth-order valence-electron chi connectivity index (χ4n) is 4.98. The van der Waals surface area contributed by atoms with Crippen LogP contribution in [0.1, 0.15) is 72.1 Å². The summed E-state index contributed by atoms with van der Waals surface area (Å²) in [7, 11) is -3.82. The summed E-state index contributed by atoms with van der Waals surface area (Å²) in [6.07, 6.45) is 4.21. The maximum Gasteiger partial charge on any atom is 0.263 e. The highest BCUT2D eigenvalue weighted by Gasteiger charge is 2.53. The van der Waals surface area contributed by atoms with Gasteiger partial charge in [0.25, 0.3) is 5.91 Å². The second-order valence-corrected chi connectivity index (χ2v) is 14.2. The standard InChI is InChI=1S/C25H39N5O6S/c1-14-9-10-25(14,23(34)29-37(35,36)17-7-8-17)28-21(32)18-12-16(26)13-30(18)22(33)20(24(2,3)4)27-19(31)11-15-5-6-15/h15-18,20H,1,5-13,26H2,2-4H3,(H,27,31)(H,28,32)(H,29,34)/t16-,18+,20-,25?/m1/s1. The first-order valence-electron chi connectivity index (χ1n) is 13.1. The number of hydrogen-bond donors (Lipinski definition) is 4. The first-order valence-corrected chi connectivity index (χ1v) is 14.6. The van der Waals surface area contributed by atoms with Crippen molar-refractivity contribution in [2.45, 2.75) is 101 Å². The number of carbonyl (C=O) groups excluding carboxylic acids is 4. The number of likely N-dealkylation sites (tertiary alicyclic amines) is 1. The molecule has 1 unspecified atom stereocenters. The molecule has 0 aromatic carbocycles. The maximum absolute atomic E-state index is 13.7. The smallest absolute Gasteiger partial charge is 0.263 e. The van der Waals surface area contributed by atoms with Crippen LogP contribution in [0.2, 0.25) is 0 Å². The van der Waals surface area contributed by atoms with E-state index in [0.717, 1.165) is 12.8 Å². The molecule has 0 aromatic rings. The largest absolute Gasteiger partial charge is 0.344 e. The first-order chi connectivity index (χ1) is 17.1. The Morgan fingerprint density at radius 2 is 1.81 bits per heavy atom. The van der Waals surface area contributed by atoms with Crippen molar-refractivity contribution in [1.82, 2.24) is 20.3 Å². The van der Waals surface area contributed by atoms with Crippen LogP contribution in [0.15, 0.2) is 12.2 Å². The van der Waals surface area contributed by atoms with Gasteiger partial charge in [-0.3, -0.25) is 23.9 Å². The van der Waals surface area contributed by atoms with Gasteiger partial charge in [0.2, 0.25) is 27.7 Å². The first kappa shape index (κ1) is 27.6. The number of rotatable bonds is 9. The number of hydrogen-bond acceptors (Lipinski definition) is 7. The van der Waals surface area contributed by atoms with Gasteiger partial charge in [0.1, 0.15) is 17.6 Å². The molecule has 4 amide bonds. The Bertz CT molecular complexity index is 1110. The van der Waals surface area contributed by atoms with Gasteiger partial charge in [-0.1, -0.05) is 27.4 Å². The average molecular weight is 538 g/mol. The predicted molar refractivity (Wildman–Crippen MR) is 136 cm³/mol. The van der Waals surface area contributed by atoms with Gasteiger partial charge in [-0.15, -0.1) is 0 Å². The number of amides is 4. The van der Waals surface area contributed by atoms with Gasteiger partial charge < -0.3 is 21.3 Å². The van der Waals surface area contributed by atoms with E-state index in [-0.39, 0.29) is 25.3 Å². The predicted octanol–water partition coefficient (Wildman–Crippen LogP) is 0.0590. The molecule has 4 atom stereocenters. The zero-order chi connectivity index (χ0) is 27.3. The van der Waals surface area contributed by atoms with Gasteiger partial charge in [-0.05, 0) is 61.9 Å². The van der Waals surface area contributed by atoms with Crippen LogP contribution in [-0.4, -0.2) is 72.4 Å². The minimum absolute atomic E-state index is 0.123. The molecule has 12 heteroatoms. The van der Waals surface area contributed by atoms with Crippen LogP contribution in [-0.2, 0) is 29.2 Å². The highest BCUT2D eigenvalue weighted by Crippen LogP contribution is 2.39. The van der Waals surface area contributed by atoms with Crippen LogP contribution in [0.25, 0.3) is 0 Å². The normalized spacial score (nSPS) is 28.8. The second-order valence-electron chi connectivity index (χ2n) is 12.2. The Balaban J connectivity index is 1.50. The number of carbonyl (C=O) groups is 4. The monoisotopic (exact) mass is 537 g/mol. The molecular formula is C25H39N5O6S.